The van der Waals surface area contributed by atoms with Crippen LogP contribution in [0.1, 0.15) is 75.1 Å². The van der Waals surface area contributed by atoms with Crippen LogP contribution in [0.5, 0.6) is 11.5 Å². The number of nitrogens with zero attached hydrogens (tertiary/aromatic N) is 1. The molecule has 2 aliphatic rings. The van der Waals surface area contributed by atoms with Crippen LogP contribution in [0.3, 0.4) is 0 Å². The van der Waals surface area contributed by atoms with Crippen molar-refractivity contribution in [2.45, 2.75) is 78.2 Å². The molecule has 2 aromatic rings. The zero-order valence-corrected chi connectivity index (χ0v) is 25.4. The summed E-state index contributed by atoms with van der Waals surface area (Å²) in [6, 6.07) is 12.6. The quantitative estimate of drug-likeness (QED) is 0.194. The molecular formula is C35H46FNO4. The number of fused-ring (bicyclic) bond motifs is 1. The molecule has 2 aliphatic heterocycles. The number of carbonyl (C=O) groups is 1. The third kappa shape index (κ3) is 9.06. The summed E-state index contributed by atoms with van der Waals surface area (Å²) in [5.41, 5.74) is 5.81. The number of allylic oxidation sites excluding steroid dienone is 3. The smallest absolute Gasteiger partial charge is 0.231 e. The first kappa shape index (κ1) is 32.1. The molecule has 0 amide bonds. The molecule has 0 aliphatic carbocycles. The van der Waals surface area contributed by atoms with E-state index in [1.165, 1.54) is 38.9 Å². The summed E-state index contributed by atoms with van der Waals surface area (Å²) in [5.74, 6) is 1.90. The molecule has 0 spiro atoms. The fourth-order valence-electron chi connectivity index (χ4n) is 5.74. The predicted molar refractivity (Wildman–Crippen MR) is 164 cm³/mol. The number of ketones is 1. The molecule has 41 heavy (non-hydrogen) atoms. The lowest BCUT2D eigenvalue weighted by Gasteiger charge is -2.22. The van der Waals surface area contributed by atoms with E-state index in [-0.39, 0.29) is 36.8 Å². The number of halogens is 1. The van der Waals surface area contributed by atoms with Gasteiger partial charge in [0.1, 0.15) is 17.4 Å². The Hall–Kier alpha value is -3.38. The first-order chi connectivity index (χ1) is 19.8. The first-order valence-electron chi connectivity index (χ1n) is 14.8. The fraction of sp³-hybridized carbons (Fsp3) is 0.457. The van der Waals surface area contributed by atoms with E-state index in [9.17, 15) is 9.18 Å². The van der Waals surface area contributed by atoms with Crippen LogP contribution >= 0.6 is 0 Å². The Morgan fingerprint density at radius 2 is 1.83 bits per heavy atom. The minimum atomic E-state index is -0.278. The molecule has 0 radical (unpaired) electrons. The summed E-state index contributed by atoms with van der Waals surface area (Å²) in [7, 11) is 1.49. The van der Waals surface area contributed by atoms with Gasteiger partial charge in [0, 0.05) is 25.1 Å². The van der Waals surface area contributed by atoms with Crippen LogP contribution in [0.15, 0.2) is 72.8 Å². The number of benzene rings is 2. The normalized spacial score (nSPS) is 18.6. The van der Waals surface area contributed by atoms with Crippen LogP contribution in [-0.2, 0) is 28.8 Å². The molecule has 0 N–H and O–H groups in total. The maximum atomic E-state index is 14.6. The predicted octanol–water partition coefficient (Wildman–Crippen LogP) is 7.89. The molecule has 2 heterocycles. The van der Waals surface area contributed by atoms with Gasteiger partial charge >= 0.3 is 0 Å². The van der Waals surface area contributed by atoms with E-state index in [0.717, 1.165) is 23.5 Å². The Kier molecular flexibility index (Phi) is 12.7. The monoisotopic (exact) mass is 563 g/mol. The van der Waals surface area contributed by atoms with Gasteiger partial charge in [-0.05, 0) is 79.0 Å². The van der Waals surface area contributed by atoms with Gasteiger partial charge in [-0.3, -0.25) is 9.69 Å². The lowest BCUT2D eigenvalue weighted by Crippen LogP contribution is -2.33. The van der Waals surface area contributed by atoms with Crippen molar-refractivity contribution >= 4 is 5.78 Å². The maximum Gasteiger partial charge on any atom is 0.231 e. The van der Waals surface area contributed by atoms with E-state index < -0.39 is 0 Å². The zero-order valence-electron chi connectivity index (χ0n) is 25.4. The van der Waals surface area contributed by atoms with Crippen LogP contribution in [0.25, 0.3) is 0 Å². The van der Waals surface area contributed by atoms with Gasteiger partial charge in [0.05, 0.1) is 13.7 Å². The number of Topliss-reactive ketones (excluding diaryl/α,β-unsaturated/α-hetero) is 1. The molecule has 5 nitrogen and oxygen atoms in total. The van der Waals surface area contributed by atoms with Gasteiger partial charge in [0.15, 0.2) is 11.5 Å². The molecule has 0 bridgehead atoms. The van der Waals surface area contributed by atoms with Crippen molar-refractivity contribution in [3.63, 3.8) is 0 Å². The Morgan fingerprint density at radius 1 is 1.12 bits per heavy atom. The van der Waals surface area contributed by atoms with Gasteiger partial charge in [-0.25, -0.2) is 4.39 Å². The molecule has 6 heteroatoms. The summed E-state index contributed by atoms with van der Waals surface area (Å²) < 4.78 is 30.6. The van der Waals surface area contributed by atoms with Crippen LogP contribution in [0.4, 0.5) is 4.39 Å². The average Bonchev–Trinajstić information content (AvgIpc) is 3.59. The second kappa shape index (κ2) is 16.2. The second-order valence-corrected chi connectivity index (χ2v) is 10.6. The lowest BCUT2D eigenvalue weighted by molar-refractivity contribution is -0.118. The fourth-order valence-corrected chi connectivity index (χ4v) is 5.74. The van der Waals surface area contributed by atoms with E-state index >= 15 is 0 Å². The first-order valence-corrected chi connectivity index (χ1v) is 14.8. The second-order valence-electron chi connectivity index (χ2n) is 10.6. The number of hydrogen-bond donors (Lipinski definition) is 0. The summed E-state index contributed by atoms with van der Waals surface area (Å²) >= 11 is 0. The highest BCUT2D eigenvalue weighted by atomic mass is 19.1. The van der Waals surface area contributed by atoms with Crippen LogP contribution in [-0.4, -0.2) is 43.7 Å². The Bertz CT molecular complexity index is 1210. The van der Waals surface area contributed by atoms with Gasteiger partial charge in [0.25, 0.3) is 0 Å². The van der Waals surface area contributed by atoms with E-state index in [0.29, 0.717) is 18.8 Å². The third-order valence-corrected chi connectivity index (χ3v) is 7.70. The summed E-state index contributed by atoms with van der Waals surface area (Å²) in [4.78, 5) is 13.8. The number of rotatable bonds is 12. The van der Waals surface area contributed by atoms with Crippen molar-refractivity contribution in [2.75, 3.05) is 27.0 Å². The Labute approximate surface area is 245 Å². The van der Waals surface area contributed by atoms with Gasteiger partial charge in [-0.1, -0.05) is 64.1 Å². The van der Waals surface area contributed by atoms with Crippen molar-refractivity contribution < 1.29 is 23.4 Å². The number of carbonyl (C=O) groups excluding carboxylic acids is 1. The number of hydrogen-bond acceptors (Lipinski definition) is 5. The molecule has 2 atom stereocenters. The molecule has 1 saturated heterocycles. The lowest BCUT2D eigenvalue weighted by atomic mass is 9.94. The van der Waals surface area contributed by atoms with Gasteiger partial charge in [-0.15, -0.1) is 0 Å². The van der Waals surface area contributed by atoms with E-state index in [1.807, 2.05) is 18.2 Å². The van der Waals surface area contributed by atoms with Gasteiger partial charge in [0.2, 0.25) is 6.79 Å². The van der Waals surface area contributed by atoms with Crippen LogP contribution in [0, 0.1) is 0 Å². The highest BCUT2D eigenvalue weighted by molar-refractivity contribution is 5.77. The molecular weight excluding hydrogens is 517 g/mol. The van der Waals surface area contributed by atoms with Crippen molar-refractivity contribution in [3.05, 3.63) is 95.0 Å². The van der Waals surface area contributed by atoms with Crippen molar-refractivity contribution in [2.24, 2.45) is 0 Å². The summed E-state index contributed by atoms with van der Waals surface area (Å²) in [6.07, 6.45) is 10.4. The molecule has 4 rings (SSSR count). The standard InChI is InChI=1S/C22H26FNO4.C13H20/c1-4-5-20(26-3)11-18(23)10-19-8-17(13-24(19)12-15(2)25)16-6-7-21-22(9-16)28-14-27-21;1-4-8-13-11(5-2)9-7-10-12(13)6-3/h4-7,9,11,17,19H,1,8,10,12-14H2,2-3H3;7,9-10H,4-6,8H2,1-3H3/b18-11+,20-5+;/t17-,19-;/m1./s1. The number of ether oxygens (including phenoxy) is 3. The summed E-state index contributed by atoms with van der Waals surface area (Å²) in [6.45, 7) is 13.2. The topological polar surface area (TPSA) is 48.0 Å². The zero-order chi connectivity index (χ0) is 29.8. The largest absolute Gasteiger partial charge is 0.497 e. The highest BCUT2D eigenvalue weighted by Gasteiger charge is 2.34. The van der Waals surface area contributed by atoms with E-state index in [2.05, 4.69) is 50.4 Å². The molecule has 0 unspecified atom stereocenters. The molecule has 0 saturated carbocycles. The number of aryl methyl sites for hydroxylation is 2. The minimum absolute atomic E-state index is 0.0580. The highest BCUT2D eigenvalue weighted by Crippen LogP contribution is 2.39. The SMILES string of the molecule is C=C/C=C(\C=C(\F)C[C@H]1C[C@@H](c2ccc3c(c2)OCO3)CN1CC(C)=O)OC.CCCc1c(CC)cccc1CC. The summed E-state index contributed by atoms with van der Waals surface area (Å²) in [5, 5.41) is 0. The molecule has 0 aromatic heterocycles. The van der Waals surface area contributed by atoms with E-state index in [4.69, 9.17) is 14.2 Å². The van der Waals surface area contributed by atoms with Crippen molar-refractivity contribution in [1.82, 2.24) is 4.90 Å². The van der Waals surface area contributed by atoms with Crippen LogP contribution in [0.2, 0.25) is 0 Å². The van der Waals surface area contributed by atoms with Crippen molar-refractivity contribution in [1.29, 1.82) is 0 Å². The molecule has 222 valence electrons. The number of likely N-dealkylation sites (tertiary alicyclic amines) is 1. The molecule has 2 aromatic carbocycles. The van der Waals surface area contributed by atoms with Gasteiger partial charge in [-0.2, -0.15) is 0 Å². The molecule has 1 fully saturated rings. The average molecular weight is 564 g/mol. The number of methoxy groups -OCH3 is 1. The maximum absolute atomic E-state index is 14.6. The minimum Gasteiger partial charge on any atom is -0.497 e. The Balaban J connectivity index is 0.000000298. The Morgan fingerprint density at radius 3 is 2.44 bits per heavy atom. The van der Waals surface area contributed by atoms with Gasteiger partial charge < -0.3 is 14.2 Å². The van der Waals surface area contributed by atoms with Crippen LogP contribution < -0.4 is 9.47 Å². The van der Waals surface area contributed by atoms with E-state index in [1.54, 1.807) is 35.8 Å². The van der Waals surface area contributed by atoms with Crippen molar-refractivity contribution in [3.8, 4) is 11.5 Å². The third-order valence-electron chi connectivity index (χ3n) is 7.70.